The largest absolute Gasteiger partial charge is 0.398 e. The highest BCUT2D eigenvalue weighted by molar-refractivity contribution is 9.10. The summed E-state index contributed by atoms with van der Waals surface area (Å²) in [4.78, 5) is 0.180. The van der Waals surface area contributed by atoms with Crippen LogP contribution in [0.1, 0.15) is 5.56 Å². The number of nitrogens with one attached hydrogen (secondary N) is 1. The number of hydrogen-bond donors (Lipinski definition) is 2. The molecule has 0 spiro atoms. The van der Waals surface area contributed by atoms with E-state index in [1.807, 2.05) is 12.1 Å². The summed E-state index contributed by atoms with van der Waals surface area (Å²) < 4.78 is 27.4. The van der Waals surface area contributed by atoms with Gasteiger partial charge in [0.2, 0.25) is 10.0 Å². The molecule has 7 heteroatoms. The van der Waals surface area contributed by atoms with E-state index in [2.05, 4.69) is 20.7 Å². The molecule has 3 N–H and O–H groups in total. The van der Waals surface area contributed by atoms with Crippen LogP contribution in [0.3, 0.4) is 0 Å². The zero-order valence-corrected chi connectivity index (χ0v) is 14.2. The summed E-state index contributed by atoms with van der Waals surface area (Å²) in [6.07, 6.45) is 0.590. The van der Waals surface area contributed by atoms with Crippen molar-refractivity contribution in [3.63, 3.8) is 0 Å². The van der Waals surface area contributed by atoms with Crippen LogP contribution >= 0.6 is 27.5 Å². The second-order valence-corrected chi connectivity index (χ2v) is 7.52. The highest BCUT2D eigenvalue weighted by Gasteiger charge is 2.14. The summed E-state index contributed by atoms with van der Waals surface area (Å²) in [5.74, 6) is 0. The van der Waals surface area contributed by atoms with Gasteiger partial charge < -0.3 is 5.73 Å². The Morgan fingerprint density at radius 3 is 2.43 bits per heavy atom. The fraction of sp³-hybridized carbons (Fsp3) is 0.143. The second-order valence-electron chi connectivity index (χ2n) is 4.46. The molecule has 2 aromatic rings. The van der Waals surface area contributed by atoms with Gasteiger partial charge in [0.25, 0.3) is 0 Å². The van der Waals surface area contributed by atoms with Crippen molar-refractivity contribution in [1.29, 1.82) is 0 Å². The molecule has 0 aliphatic rings. The molecule has 0 atom stereocenters. The fourth-order valence-electron chi connectivity index (χ4n) is 1.74. The van der Waals surface area contributed by atoms with Crippen LogP contribution in [0.4, 0.5) is 5.69 Å². The zero-order valence-electron chi connectivity index (χ0n) is 11.0. The van der Waals surface area contributed by atoms with E-state index in [9.17, 15) is 8.42 Å². The Morgan fingerprint density at radius 1 is 1.14 bits per heavy atom. The van der Waals surface area contributed by atoms with Crippen molar-refractivity contribution in [3.8, 4) is 0 Å². The van der Waals surface area contributed by atoms with Gasteiger partial charge in [0.15, 0.2) is 0 Å². The van der Waals surface area contributed by atoms with E-state index in [0.29, 0.717) is 28.1 Å². The van der Waals surface area contributed by atoms with E-state index in [-0.39, 0.29) is 4.90 Å². The number of hydrogen-bond acceptors (Lipinski definition) is 3. The van der Waals surface area contributed by atoms with Gasteiger partial charge in [0.05, 0.1) is 4.90 Å². The number of sulfonamides is 1. The van der Waals surface area contributed by atoms with Gasteiger partial charge in [-0.3, -0.25) is 0 Å². The van der Waals surface area contributed by atoms with Gasteiger partial charge in [-0.2, -0.15) is 0 Å². The number of rotatable bonds is 5. The van der Waals surface area contributed by atoms with Crippen molar-refractivity contribution in [2.45, 2.75) is 11.3 Å². The van der Waals surface area contributed by atoms with Crippen LogP contribution in [0, 0.1) is 0 Å². The first-order valence-electron chi connectivity index (χ1n) is 6.17. The van der Waals surface area contributed by atoms with E-state index in [4.69, 9.17) is 17.3 Å². The van der Waals surface area contributed by atoms with E-state index in [1.54, 1.807) is 18.2 Å². The predicted molar refractivity (Wildman–Crippen MR) is 88.9 cm³/mol. The Morgan fingerprint density at radius 2 is 1.81 bits per heavy atom. The van der Waals surface area contributed by atoms with Crippen molar-refractivity contribution in [3.05, 3.63) is 57.5 Å². The molecule has 112 valence electrons. The molecule has 0 bridgehead atoms. The molecular formula is C14H14BrClN2O2S. The van der Waals surface area contributed by atoms with E-state index in [0.717, 1.165) is 5.56 Å². The molecule has 4 nitrogen and oxygen atoms in total. The molecule has 0 saturated heterocycles. The molecule has 2 rings (SSSR count). The summed E-state index contributed by atoms with van der Waals surface area (Å²) in [7, 11) is -3.54. The van der Waals surface area contributed by atoms with E-state index >= 15 is 0 Å². The smallest absolute Gasteiger partial charge is 0.240 e. The van der Waals surface area contributed by atoms with Crippen LogP contribution in [-0.4, -0.2) is 15.0 Å². The van der Waals surface area contributed by atoms with E-state index < -0.39 is 10.0 Å². The Labute approximate surface area is 137 Å². The number of halogens is 2. The van der Waals surface area contributed by atoms with Crippen LogP contribution in [0.5, 0.6) is 0 Å². The maximum atomic E-state index is 12.1. The maximum absolute atomic E-state index is 12.1. The number of benzene rings is 2. The first-order valence-corrected chi connectivity index (χ1v) is 8.83. The lowest BCUT2D eigenvalue weighted by Crippen LogP contribution is -2.26. The third-order valence-electron chi connectivity index (χ3n) is 2.90. The van der Waals surface area contributed by atoms with Crippen LogP contribution in [-0.2, 0) is 16.4 Å². The molecule has 21 heavy (non-hydrogen) atoms. The normalized spacial score (nSPS) is 11.5. The Hall–Kier alpha value is -1.08. The third kappa shape index (κ3) is 4.44. The molecule has 0 radical (unpaired) electrons. The summed E-state index contributed by atoms with van der Waals surface area (Å²) in [6.45, 7) is 0.311. The van der Waals surface area contributed by atoms with Crippen molar-refractivity contribution in [2.24, 2.45) is 0 Å². The first kappa shape index (κ1) is 16.3. The molecule has 0 heterocycles. The molecule has 0 amide bonds. The lowest BCUT2D eigenvalue weighted by Gasteiger charge is -2.08. The van der Waals surface area contributed by atoms with Gasteiger partial charge >= 0.3 is 0 Å². The van der Waals surface area contributed by atoms with Crippen LogP contribution < -0.4 is 10.5 Å². The fourth-order valence-corrected chi connectivity index (χ4v) is 3.45. The Balaban J connectivity index is 2.01. The molecule has 0 aliphatic carbocycles. The van der Waals surface area contributed by atoms with Gasteiger partial charge in [0, 0.05) is 21.7 Å². The average molecular weight is 390 g/mol. The average Bonchev–Trinajstić information content (AvgIpc) is 2.44. The highest BCUT2D eigenvalue weighted by atomic mass is 79.9. The summed E-state index contributed by atoms with van der Waals surface area (Å²) >= 11 is 9.02. The lowest BCUT2D eigenvalue weighted by molar-refractivity contribution is 0.581. The van der Waals surface area contributed by atoms with Crippen LogP contribution in [0.2, 0.25) is 5.02 Å². The molecule has 0 unspecified atom stereocenters. The topological polar surface area (TPSA) is 72.2 Å². The molecule has 2 aromatic carbocycles. The quantitative estimate of drug-likeness (QED) is 0.771. The van der Waals surface area contributed by atoms with Gasteiger partial charge in [0.1, 0.15) is 0 Å². The number of nitrogens with two attached hydrogens (primary N) is 1. The summed E-state index contributed by atoms with van der Waals surface area (Å²) in [5.41, 5.74) is 7.16. The molecule has 0 aromatic heterocycles. The molecular weight excluding hydrogens is 376 g/mol. The van der Waals surface area contributed by atoms with Crippen molar-refractivity contribution in [1.82, 2.24) is 4.72 Å². The second kappa shape index (κ2) is 6.79. The molecule has 0 saturated carbocycles. The SMILES string of the molecule is Nc1ccc(S(=O)(=O)NCCc2ccc(Cl)cc2)cc1Br. The van der Waals surface area contributed by atoms with Gasteiger partial charge in [-0.15, -0.1) is 0 Å². The summed E-state index contributed by atoms with van der Waals surface area (Å²) in [5, 5.41) is 0.658. The third-order valence-corrected chi connectivity index (χ3v) is 5.30. The lowest BCUT2D eigenvalue weighted by atomic mass is 10.2. The minimum absolute atomic E-state index is 0.180. The first-order chi connectivity index (χ1) is 9.88. The van der Waals surface area contributed by atoms with Gasteiger partial charge in [-0.05, 0) is 58.2 Å². The standard InChI is InChI=1S/C14H14BrClN2O2S/c15-13-9-12(5-6-14(13)17)21(19,20)18-8-7-10-1-3-11(16)4-2-10/h1-6,9,18H,7-8,17H2. The zero-order chi connectivity index (χ0) is 15.5. The molecule has 0 aliphatic heterocycles. The minimum atomic E-state index is -3.54. The Bertz CT molecular complexity index is 733. The van der Waals surface area contributed by atoms with Gasteiger partial charge in [-0.25, -0.2) is 13.1 Å². The maximum Gasteiger partial charge on any atom is 0.240 e. The van der Waals surface area contributed by atoms with Crippen LogP contribution in [0.25, 0.3) is 0 Å². The van der Waals surface area contributed by atoms with Crippen molar-refractivity contribution < 1.29 is 8.42 Å². The summed E-state index contributed by atoms with van der Waals surface area (Å²) in [6, 6.07) is 11.8. The predicted octanol–water partition coefficient (Wildman–Crippen LogP) is 3.21. The Kier molecular flexibility index (Phi) is 5.27. The molecule has 0 fully saturated rings. The minimum Gasteiger partial charge on any atom is -0.398 e. The number of nitrogen functional groups attached to an aromatic ring is 1. The number of anilines is 1. The van der Waals surface area contributed by atoms with Crippen molar-refractivity contribution in [2.75, 3.05) is 12.3 Å². The highest BCUT2D eigenvalue weighted by Crippen LogP contribution is 2.22. The van der Waals surface area contributed by atoms with Crippen LogP contribution in [0.15, 0.2) is 51.8 Å². The van der Waals surface area contributed by atoms with Crippen molar-refractivity contribution >= 4 is 43.2 Å². The van der Waals surface area contributed by atoms with E-state index in [1.165, 1.54) is 12.1 Å². The van der Waals surface area contributed by atoms with Gasteiger partial charge in [-0.1, -0.05) is 23.7 Å². The monoisotopic (exact) mass is 388 g/mol.